The van der Waals surface area contributed by atoms with Gasteiger partial charge >= 0.3 is 0 Å². The largest absolute Gasteiger partial charge is 0.210 e. The average molecular weight is 141 g/mol. The molecule has 0 aliphatic rings. The highest BCUT2D eigenvalue weighted by Crippen LogP contribution is 1.81. The fourth-order valence-corrected chi connectivity index (χ4v) is 1.20. The molecule has 0 saturated carbocycles. The van der Waals surface area contributed by atoms with Gasteiger partial charge in [-0.05, 0) is 5.19 Å². The first-order valence-corrected chi connectivity index (χ1v) is 4.36. The van der Waals surface area contributed by atoms with Gasteiger partial charge in [-0.15, -0.1) is 0 Å². The van der Waals surface area contributed by atoms with Crippen molar-refractivity contribution < 1.29 is 0 Å². The van der Waals surface area contributed by atoms with E-state index in [1.807, 2.05) is 30.3 Å². The van der Waals surface area contributed by atoms with E-state index in [1.165, 1.54) is 5.19 Å². The van der Waals surface area contributed by atoms with Gasteiger partial charge in [-0.3, -0.25) is 0 Å². The van der Waals surface area contributed by atoms with Crippen LogP contribution >= 0.6 is 11.1 Å². The molecule has 0 heterocycles. The van der Waals surface area contributed by atoms with Crippen LogP contribution in [-0.4, -0.2) is 8.83 Å². The third kappa shape index (κ3) is 1.35. The number of halogens is 1. The van der Waals surface area contributed by atoms with Gasteiger partial charge in [-0.25, -0.2) is 0 Å². The lowest BCUT2D eigenvalue weighted by Gasteiger charge is -1.86. The highest BCUT2D eigenvalue weighted by atomic mass is 35.6. The van der Waals surface area contributed by atoms with Crippen LogP contribution in [0.1, 0.15) is 0 Å². The topological polar surface area (TPSA) is 0 Å². The van der Waals surface area contributed by atoms with Crippen molar-refractivity contribution in [3.8, 4) is 0 Å². The van der Waals surface area contributed by atoms with Crippen LogP contribution in [0.25, 0.3) is 0 Å². The Labute approximate surface area is 56.0 Å². The summed E-state index contributed by atoms with van der Waals surface area (Å²) in [5.41, 5.74) is 0. The zero-order valence-corrected chi connectivity index (χ0v) is 6.02. The van der Waals surface area contributed by atoms with Crippen LogP contribution in [0.4, 0.5) is 0 Å². The average Bonchev–Trinajstić information content (AvgIpc) is 1.90. The summed E-state index contributed by atoms with van der Waals surface area (Å²) in [6.45, 7) is 0. The molecule has 1 rings (SSSR count). The van der Waals surface area contributed by atoms with Gasteiger partial charge in [0.05, 0.1) is 0 Å². The molecule has 8 heavy (non-hydrogen) atoms. The first-order valence-electron chi connectivity index (χ1n) is 2.35. The van der Waals surface area contributed by atoms with Crippen LogP contribution in [0.5, 0.6) is 0 Å². The zero-order chi connectivity index (χ0) is 5.82. The van der Waals surface area contributed by atoms with Gasteiger partial charge in [0.2, 0.25) is 8.83 Å². The molecule has 40 valence electrons. The fraction of sp³-hybridized carbons (Fsp3) is 0. The minimum absolute atomic E-state index is 0.402. The maximum atomic E-state index is 5.55. The molecule has 0 amide bonds. The Kier molecular flexibility index (Phi) is 2.12. The summed E-state index contributed by atoms with van der Waals surface area (Å²) in [5, 5.41) is 1.20. The van der Waals surface area contributed by atoms with Crippen LogP contribution in [0, 0.1) is 0 Å². The summed E-state index contributed by atoms with van der Waals surface area (Å²) in [6, 6.07) is 10.0. The van der Waals surface area contributed by atoms with Gasteiger partial charge < -0.3 is 0 Å². The highest BCUT2D eigenvalue weighted by Gasteiger charge is 1.84. The Morgan fingerprint density at radius 1 is 1.12 bits per heavy atom. The van der Waals surface area contributed by atoms with E-state index in [4.69, 9.17) is 11.1 Å². The Bertz CT molecular complexity index is 150. The van der Waals surface area contributed by atoms with Crippen molar-refractivity contribution in [1.29, 1.82) is 0 Å². The molecular weight excluding hydrogens is 136 g/mol. The van der Waals surface area contributed by atoms with Crippen molar-refractivity contribution in [3.63, 3.8) is 0 Å². The van der Waals surface area contributed by atoms with Gasteiger partial charge in [-0.1, -0.05) is 30.3 Å². The van der Waals surface area contributed by atoms with E-state index in [0.29, 0.717) is 8.83 Å². The third-order valence-electron chi connectivity index (χ3n) is 0.883. The molecule has 0 spiro atoms. The lowest BCUT2D eigenvalue weighted by Crippen LogP contribution is -2.05. The number of hydrogen-bond donors (Lipinski definition) is 0. The van der Waals surface area contributed by atoms with E-state index >= 15 is 0 Å². The molecule has 0 atom stereocenters. The second-order valence-electron chi connectivity index (χ2n) is 1.46. The van der Waals surface area contributed by atoms with E-state index in [9.17, 15) is 0 Å². The number of benzene rings is 1. The van der Waals surface area contributed by atoms with Crippen LogP contribution in [-0.2, 0) is 0 Å². The van der Waals surface area contributed by atoms with Gasteiger partial charge in [0.15, 0.2) is 0 Å². The van der Waals surface area contributed by atoms with E-state index in [2.05, 4.69) is 0 Å². The first kappa shape index (κ1) is 5.86. The van der Waals surface area contributed by atoms with Crippen molar-refractivity contribution in [2.75, 3.05) is 0 Å². The Hall–Kier alpha value is -0.273. The fourth-order valence-electron chi connectivity index (χ4n) is 0.501. The quantitative estimate of drug-likeness (QED) is 0.406. The summed E-state index contributed by atoms with van der Waals surface area (Å²) < 4.78 is 0. The van der Waals surface area contributed by atoms with Gasteiger partial charge in [0, 0.05) is 0 Å². The minimum atomic E-state index is 0.402. The van der Waals surface area contributed by atoms with E-state index in [1.54, 1.807) is 0 Å². The third-order valence-corrected chi connectivity index (χ3v) is 2.09. The predicted molar refractivity (Wildman–Crippen MR) is 37.7 cm³/mol. The van der Waals surface area contributed by atoms with Crippen molar-refractivity contribution >= 4 is 25.1 Å². The van der Waals surface area contributed by atoms with Crippen molar-refractivity contribution in [2.45, 2.75) is 0 Å². The number of rotatable bonds is 1. The normalized spacial score (nSPS) is 9.12. The van der Waals surface area contributed by atoms with Crippen LogP contribution in [0.2, 0.25) is 0 Å². The Balaban J connectivity index is 2.83. The van der Waals surface area contributed by atoms with Crippen molar-refractivity contribution in [1.82, 2.24) is 0 Å². The lowest BCUT2D eigenvalue weighted by molar-refractivity contribution is 1.77. The summed E-state index contributed by atoms with van der Waals surface area (Å²) >= 11 is 5.55. The molecule has 1 aromatic carbocycles. The molecule has 0 aromatic heterocycles. The summed E-state index contributed by atoms with van der Waals surface area (Å²) in [7, 11) is 0.402. The van der Waals surface area contributed by atoms with Crippen LogP contribution < -0.4 is 5.19 Å². The Morgan fingerprint density at radius 2 is 1.75 bits per heavy atom. The molecule has 0 bridgehead atoms. The smallest absolute Gasteiger partial charge is 0.165 e. The molecule has 1 aromatic rings. The molecule has 0 nitrogen and oxygen atoms in total. The molecule has 0 fully saturated rings. The maximum absolute atomic E-state index is 5.55. The summed E-state index contributed by atoms with van der Waals surface area (Å²) in [5.74, 6) is 0. The lowest BCUT2D eigenvalue weighted by atomic mass is 10.4. The zero-order valence-electron chi connectivity index (χ0n) is 4.26. The molecule has 2 radical (unpaired) electrons. The first-order chi connectivity index (χ1) is 3.93. The second-order valence-corrected chi connectivity index (χ2v) is 2.79. The maximum Gasteiger partial charge on any atom is 0.210 e. The minimum Gasteiger partial charge on any atom is -0.165 e. The monoisotopic (exact) mass is 140 g/mol. The molecular formula is C6H5ClSi. The molecule has 0 aliphatic carbocycles. The van der Waals surface area contributed by atoms with E-state index in [-0.39, 0.29) is 0 Å². The Morgan fingerprint density at radius 3 is 2.12 bits per heavy atom. The highest BCUT2D eigenvalue weighted by molar-refractivity contribution is 7.01. The van der Waals surface area contributed by atoms with Crippen LogP contribution in [0.3, 0.4) is 0 Å². The molecule has 0 saturated heterocycles. The molecule has 0 unspecified atom stereocenters. The standard InChI is InChI=1S/C6H5ClSi/c7-8-6-4-2-1-3-5-6/h1-5H. The SMILES string of the molecule is Cl[Si]c1ccccc1. The van der Waals surface area contributed by atoms with Gasteiger partial charge in [-0.2, -0.15) is 11.1 Å². The predicted octanol–water partition coefficient (Wildman–Crippen LogP) is 1.17. The molecule has 0 N–H and O–H groups in total. The molecule has 2 heteroatoms. The van der Waals surface area contributed by atoms with Gasteiger partial charge in [0.25, 0.3) is 0 Å². The molecule has 0 aliphatic heterocycles. The van der Waals surface area contributed by atoms with Crippen molar-refractivity contribution in [3.05, 3.63) is 30.3 Å². The second kappa shape index (κ2) is 2.90. The summed E-state index contributed by atoms with van der Waals surface area (Å²) in [4.78, 5) is 0. The van der Waals surface area contributed by atoms with Crippen LogP contribution in [0.15, 0.2) is 30.3 Å². The van der Waals surface area contributed by atoms with E-state index < -0.39 is 0 Å². The van der Waals surface area contributed by atoms with Gasteiger partial charge in [0.1, 0.15) is 0 Å². The number of hydrogen-bond acceptors (Lipinski definition) is 0. The van der Waals surface area contributed by atoms with Crippen molar-refractivity contribution in [2.24, 2.45) is 0 Å². The summed E-state index contributed by atoms with van der Waals surface area (Å²) in [6.07, 6.45) is 0. The van der Waals surface area contributed by atoms with E-state index in [0.717, 1.165) is 0 Å².